The third-order valence-corrected chi connectivity index (χ3v) is 24.1. The number of aliphatic carboxylic acids is 1. The first kappa shape index (κ1) is 105. The van der Waals surface area contributed by atoms with Crippen LogP contribution in [-0.4, -0.2) is 299 Å². The highest BCUT2D eigenvalue weighted by atomic mass is 32.2. The number of nitrogens with zero attached hydrogens (tertiary/aromatic N) is 5. The number of urea groups is 1. The Balaban J connectivity index is 1.16. The number of nitrogens with one attached hydrogen (secondary N) is 10. The number of H-pyrrole nitrogens is 1. The van der Waals surface area contributed by atoms with E-state index in [1.807, 2.05) is 0 Å². The summed E-state index contributed by atoms with van der Waals surface area (Å²) in [6.07, 6.45) is -4.80. The molecule has 0 radical (unpaired) electrons. The Morgan fingerprint density at radius 1 is 0.526 bits per heavy atom. The number of carboxylic acids is 1. The van der Waals surface area contributed by atoms with E-state index in [4.69, 9.17) is 5.73 Å². The van der Waals surface area contributed by atoms with Crippen molar-refractivity contribution >= 4 is 117 Å². The molecule has 2 saturated heterocycles. The molecule has 42 heteroatoms. The fourth-order valence-corrected chi connectivity index (χ4v) is 16.6. The lowest BCUT2D eigenvalue weighted by molar-refractivity contribution is -0.152. The predicted molar refractivity (Wildman–Crippen MR) is 484 cm³/mol. The van der Waals surface area contributed by atoms with Crippen LogP contribution in [0.4, 0.5) is 18.0 Å². The van der Waals surface area contributed by atoms with E-state index in [2.05, 4.69) is 52.8 Å². The zero-order valence-corrected chi connectivity index (χ0v) is 75.8. The maximum absolute atomic E-state index is 15.7. The van der Waals surface area contributed by atoms with Crippen LogP contribution >= 0.6 is 11.8 Å². The first-order chi connectivity index (χ1) is 64.3. The molecule has 0 spiro atoms. The number of aromatic nitrogens is 1. The van der Waals surface area contributed by atoms with E-state index >= 15 is 51.9 Å². The van der Waals surface area contributed by atoms with E-state index in [-0.39, 0.29) is 48.3 Å². The molecule has 6 aromatic carbocycles. The van der Waals surface area contributed by atoms with Crippen LogP contribution in [0.15, 0.2) is 152 Å². The second-order valence-corrected chi connectivity index (χ2v) is 34.4. The van der Waals surface area contributed by atoms with Gasteiger partial charge in [-0.15, -0.1) is 11.8 Å². The van der Waals surface area contributed by atoms with Crippen molar-refractivity contribution in [3.63, 3.8) is 0 Å². The van der Waals surface area contributed by atoms with E-state index in [1.54, 1.807) is 91.9 Å². The summed E-state index contributed by atoms with van der Waals surface area (Å²) in [6, 6.07) is 11.6. The Morgan fingerprint density at radius 3 is 1.61 bits per heavy atom. The number of primary amides is 1. The number of unbranched alkanes of at least 4 members (excludes halogenated alkanes) is 1. The molecular formula is C93H113F3N16O22S. The molecule has 0 unspecified atom stereocenters. The quantitative estimate of drug-likeness (QED) is 0.0347. The lowest BCUT2D eigenvalue weighted by Gasteiger charge is -2.38. The van der Waals surface area contributed by atoms with Gasteiger partial charge in [-0.25, -0.2) is 18.0 Å². The van der Waals surface area contributed by atoms with E-state index in [0.717, 1.165) is 26.6 Å². The summed E-state index contributed by atoms with van der Waals surface area (Å²) in [6.45, 7) is 0.638. The Kier molecular flexibility index (Phi) is 38.5. The highest BCUT2D eigenvalue weighted by molar-refractivity contribution is 8.00. The Labute approximate surface area is 779 Å². The Morgan fingerprint density at radius 2 is 1.04 bits per heavy atom. The van der Waals surface area contributed by atoms with Gasteiger partial charge >= 0.3 is 12.0 Å². The molecule has 18 N–H and O–H groups in total. The van der Waals surface area contributed by atoms with Crippen molar-refractivity contribution in [3.8, 4) is 11.5 Å². The number of fused-ring (bicyclic) bond motifs is 2. The summed E-state index contributed by atoms with van der Waals surface area (Å²) in [7, 11) is 3.55. The molecule has 13 atom stereocenters. The number of thioether (sulfide) groups is 1. The molecule has 2 fully saturated rings. The SMILES string of the molecule is CCCC[C@H]1C(=O)N2C[C@H](O)C[C@@H]2C(=O)N[C@@H](CC(=O)O)C(=O)N[C@@H](C(C)C)C(=O)N(C)[C@@H](Cc2ccccc2)C(=O)N[C@@H](Cc2ccc(O)cc2)C(=O)N(CCO)C(=O)N[C@@H](Cc2c[nH]c3ccccc23)C(=O)N[C@@H](Cc2ccc(O)cc2)C(=O)N[C@@H](CCO)C(=O)N[C@H](C(=O)NCC(N)=O)CSCC(=O)N[C@@H](Cc2cc(F)c(F)c(F)c2)C(=O)N(C)[C@@H](Cc2ccccc2)C(=O)N1C. The van der Waals surface area contributed by atoms with Crippen LogP contribution in [0.1, 0.15) is 92.7 Å². The minimum atomic E-state index is -2.08. The Bertz CT molecular complexity index is 5370. The molecule has 38 nitrogen and oxygen atoms in total. The maximum atomic E-state index is 15.7. The first-order valence-corrected chi connectivity index (χ1v) is 44.8. The third kappa shape index (κ3) is 29.3. The summed E-state index contributed by atoms with van der Waals surface area (Å²) >= 11 is 0.592. The molecule has 2 aliphatic rings. The van der Waals surface area contributed by atoms with Crippen LogP contribution < -0.4 is 53.6 Å². The van der Waals surface area contributed by atoms with Crippen LogP contribution in [0.25, 0.3) is 10.9 Å². The van der Waals surface area contributed by atoms with Gasteiger partial charge in [-0.2, -0.15) is 0 Å². The number of carboxylic acid groups (broad SMARTS) is 1. The van der Waals surface area contributed by atoms with Gasteiger partial charge in [0.05, 0.1) is 38.0 Å². The highest BCUT2D eigenvalue weighted by Crippen LogP contribution is 2.28. The number of aliphatic hydroxyl groups excluding tert-OH is 3. The average molecular weight is 1900 g/mol. The lowest BCUT2D eigenvalue weighted by Crippen LogP contribution is -2.62. The number of likely N-dealkylation sites (N-methyl/N-ethyl adjacent to an activating group) is 3. The predicted octanol–water partition coefficient (Wildman–Crippen LogP) is 0.539. The minimum absolute atomic E-state index is 0.153. The molecule has 724 valence electrons. The van der Waals surface area contributed by atoms with Crippen LogP contribution in [0.2, 0.25) is 0 Å². The second-order valence-electron chi connectivity index (χ2n) is 33.4. The fourth-order valence-electron chi connectivity index (χ4n) is 15.8. The molecule has 0 bridgehead atoms. The number of imide groups is 1. The summed E-state index contributed by atoms with van der Waals surface area (Å²) < 4.78 is 45.0. The third-order valence-electron chi connectivity index (χ3n) is 23.1. The van der Waals surface area contributed by atoms with Gasteiger partial charge in [0, 0.05) is 102 Å². The lowest BCUT2D eigenvalue weighted by atomic mass is 9.98. The fraction of sp³-hybridized carbons (Fsp3) is 0.419. The number of carbonyl (C=O) groups excluding carboxylic acids is 15. The van der Waals surface area contributed by atoms with Gasteiger partial charge in [-0.3, -0.25) is 76.8 Å². The van der Waals surface area contributed by atoms with Crippen LogP contribution in [0.5, 0.6) is 11.5 Å². The largest absolute Gasteiger partial charge is 0.508 e. The number of phenolic OH excluding ortho intramolecular Hbond substituents is 2. The van der Waals surface area contributed by atoms with Crippen LogP contribution in [-0.2, 0) is 110 Å². The molecular weight excluding hydrogens is 1780 g/mol. The molecule has 7 aromatic rings. The highest BCUT2D eigenvalue weighted by Gasteiger charge is 2.47. The number of para-hydroxylation sites is 1. The molecule has 2 aliphatic heterocycles. The number of phenols is 2. The number of nitrogens with two attached hydrogens (primary N) is 1. The minimum Gasteiger partial charge on any atom is -0.508 e. The summed E-state index contributed by atoms with van der Waals surface area (Å²) in [4.78, 5) is 245. The molecule has 9 rings (SSSR count). The zero-order valence-electron chi connectivity index (χ0n) is 75.0. The standard InChI is InChI=1S/C93H113F3N16O22S/c1-7-8-23-72-91(132)112-48-60(117)44-74(112)87(128)103-68(45-78(120)121)85(126)107-80(51(2)3)92(133)109(5)73(41-52-17-11-9-12-18-52)86(127)104-70(39-55-26-30-59(116)31-27-55)89(130)111(33-35-114)93(134)106-67(43-57-46-98-64-22-16-15-21-61(57)64)84(125)102-66(38-54-24-28-58(115)29-25-54)83(124)101-65(32-34-113)82(123)105-71(81(122)99-47-76(97)118)49-135-50-77(119)100-69(40-56-36-62(94)79(96)63(95)37-56)88(129)110(6)75(90(131)108(72)4)42-53-19-13-10-14-20-53/h9-22,24-31,36-37,46,51,60,65-75,80,98,113-117H,7-8,23,32-35,38-45,47-50H2,1-6H3,(H2,97,118)(H,99,122)(H,100,119)(H,101,124)(H,102,125)(H,103,128)(H,104,127)(H,105,123)(H,106,134)(H,107,126)(H,120,121)/t60-,65+,66+,67+,68+,69+,70+,71+,72+,73+,74-,75+,80+/m1/s1. The molecule has 0 aliphatic carbocycles. The van der Waals surface area contributed by atoms with Crippen LogP contribution in [0, 0.1) is 23.4 Å². The number of halogens is 3. The Hall–Kier alpha value is -14.0. The topological polar surface area (TPSA) is 561 Å². The number of carbonyl (C=O) groups is 16. The van der Waals surface area contributed by atoms with Gasteiger partial charge < -0.3 is 109 Å². The van der Waals surface area contributed by atoms with Gasteiger partial charge in [-0.05, 0) is 94.6 Å². The van der Waals surface area contributed by atoms with E-state index < -0.39 is 292 Å². The number of hydrogen-bond acceptors (Lipinski definition) is 22. The van der Waals surface area contributed by atoms with Crippen molar-refractivity contribution < 1.29 is 121 Å². The average Bonchev–Trinajstić information content (AvgIpc) is 1.77. The number of aromatic hydroxyl groups is 2. The molecule has 1 aromatic heterocycles. The first-order valence-electron chi connectivity index (χ1n) is 43.7. The van der Waals surface area contributed by atoms with E-state index in [0.29, 0.717) is 62.8 Å². The maximum Gasteiger partial charge on any atom is 0.324 e. The number of hydrogen-bond donors (Lipinski definition) is 17. The van der Waals surface area contributed by atoms with Gasteiger partial charge in [0.25, 0.3) is 5.91 Å². The molecule has 135 heavy (non-hydrogen) atoms. The van der Waals surface area contributed by atoms with Gasteiger partial charge in [0.15, 0.2) is 17.5 Å². The van der Waals surface area contributed by atoms with Crippen molar-refractivity contribution in [2.24, 2.45) is 11.7 Å². The molecule has 0 saturated carbocycles. The zero-order chi connectivity index (χ0) is 98.6. The summed E-state index contributed by atoms with van der Waals surface area (Å²) in [5, 5.41) is 86.9. The van der Waals surface area contributed by atoms with E-state index in [9.17, 15) is 68.6 Å². The van der Waals surface area contributed by atoms with Gasteiger partial charge in [-0.1, -0.05) is 137 Å². The number of rotatable bonds is 25. The monoisotopic (exact) mass is 1890 g/mol. The second kappa shape index (κ2) is 49.7. The number of amides is 16. The van der Waals surface area contributed by atoms with Gasteiger partial charge in [0.1, 0.15) is 84.0 Å². The van der Waals surface area contributed by atoms with Crippen molar-refractivity contribution in [3.05, 3.63) is 203 Å². The number of aromatic amines is 1. The van der Waals surface area contributed by atoms with Crippen molar-refractivity contribution in [1.29, 1.82) is 0 Å². The van der Waals surface area contributed by atoms with Gasteiger partial charge in [0.2, 0.25) is 76.8 Å². The number of benzene rings is 6. The van der Waals surface area contributed by atoms with E-state index in [1.165, 1.54) is 82.7 Å². The molecule has 16 amide bonds. The number of β-amino-alcohol motifs (C(OH)–C–C–N with tert-alkyl or cyclic N) is 1. The summed E-state index contributed by atoms with van der Waals surface area (Å²) in [5.74, 6) is -25.5. The summed E-state index contributed by atoms with van der Waals surface area (Å²) in [5.41, 5.74) is 7.21. The molecule has 3 heterocycles. The number of aliphatic hydroxyl groups is 3. The smallest absolute Gasteiger partial charge is 0.324 e. The normalized spacial score (nSPS) is 22.9. The van der Waals surface area contributed by atoms with Crippen LogP contribution in [0.3, 0.4) is 0 Å². The van der Waals surface area contributed by atoms with Crippen molar-refractivity contribution in [2.75, 3.05) is 65.5 Å². The van der Waals surface area contributed by atoms with Crippen molar-refractivity contribution in [2.45, 2.75) is 176 Å². The van der Waals surface area contributed by atoms with Crippen molar-refractivity contribution in [1.82, 2.24) is 77.3 Å².